The molecule has 0 radical (unpaired) electrons. The van der Waals surface area contributed by atoms with Crippen molar-refractivity contribution in [3.8, 4) is 0 Å². The third-order valence-corrected chi connectivity index (χ3v) is 3.85. The standard InChI is InChI=1S/C9H12N2O5S/c1-11(4-5-12)17(15,16)8-3-2-7(6-10-8)9(13)14/h2-3,6,12H,4-5H2,1H3,(H,13,14). The molecule has 0 saturated heterocycles. The number of aliphatic hydroxyl groups excluding tert-OH is 1. The Hall–Kier alpha value is -1.51. The molecule has 1 aromatic rings. The highest BCUT2D eigenvalue weighted by Gasteiger charge is 2.21. The molecule has 8 heteroatoms. The summed E-state index contributed by atoms with van der Waals surface area (Å²) in [5, 5.41) is 17.0. The van der Waals surface area contributed by atoms with Gasteiger partial charge >= 0.3 is 5.97 Å². The molecule has 2 N–H and O–H groups in total. The number of carboxylic acids is 1. The lowest BCUT2D eigenvalue weighted by molar-refractivity contribution is 0.0696. The predicted molar refractivity (Wildman–Crippen MR) is 58.1 cm³/mol. The summed E-state index contributed by atoms with van der Waals surface area (Å²) in [5.41, 5.74) is -0.0891. The van der Waals surface area contributed by atoms with Gasteiger partial charge in [0.25, 0.3) is 10.0 Å². The monoisotopic (exact) mass is 260 g/mol. The molecule has 0 amide bonds. The second-order valence-electron chi connectivity index (χ2n) is 3.24. The number of sulfonamides is 1. The number of aliphatic hydroxyl groups is 1. The number of hydrogen-bond acceptors (Lipinski definition) is 5. The molecule has 0 aliphatic rings. The summed E-state index contributed by atoms with van der Waals surface area (Å²) in [6, 6.07) is 2.28. The molecule has 0 fully saturated rings. The molecule has 94 valence electrons. The summed E-state index contributed by atoms with van der Waals surface area (Å²) in [6.45, 7) is -0.354. The van der Waals surface area contributed by atoms with Gasteiger partial charge < -0.3 is 10.2 Å². The minimum Gasteiger partial charge on any atom is -0.478 e. The van der Waals surface area contributed by atoms with Crippen molar-refractivity contribution in [2.24, 2.45) is 0 Å². The van der Waals surface area contributed by atoms with Crippen molar-refractivity contribution in [2.75, 3.05) is 20.2 Å². The summed E-state index contributed by atoms with van der Waals surface area (Å²) in [5.74, 6) is -1.18. The van der Waals surface area contributed by atoms with Gasteiger partial charge in [0.05, 0.1) is 12.2 Å². The van der Waals surface area contributed by atoms with Crippen molar-refractivity contribution in [1.82, 2.24) is 9.29 Å². The summed E-state index contributed by atoms with van der Waals surface area (Å²) >= 11 is 0. The first-order valence-electron chi connectivity index (χ1n) is 4.66. The summed E-state index contributed by atoms with van der Waals surface area (Å²) in [7, 11) is -2.47. The van der Waals surface area contributed by atoms with Gasteiger partial charge in [0.15, 0.2) is 5.03 Å². The van der Waals surface area contributed by atoms with Crippen LogP contribution in [0.1, 0.15) is 10.4 Å². The molecule has 0 aliphatic heterocycles. The van der Waals surface area contributed by atoms with Crippen LogP contribution < -0.4 is 0 Å². The van der Waals surface area contributed by atoms with Crippen LogP contribution in [-0.4, -0.2) is 54.1 Å². The summed E-state index contributed by atoms with van der Waals surface area (Å²) < 4.78 is 24.6. The van der Waals surface area contributed by atoms with E-state index in [1.165, 1.54) is 7.05 Å². The van der Waals surface area contributed by atoms with E-state index in [0.717, 1.165) is 22.6 Å². The first-order valence-corrected chi connectivity index (χ1v) is 6.10. The predicted octanol–water partition coefficient (Wildman–Crippen LogP) is -0.607. The van der Waals surface area contributed by atoms with E-state index >= 15 is 0 Å². The molecule has 1 heterocycles. The third kappa shape index (κ3) is 2.99. The van der Waals surface area contributed by atoms with Crippen LogP contribution >= 0.6 is 0 Å². The summed E-state index contributed by atoms with van der Waals surface area (Å²) in [6.07, 6.45) is 0.974. The molecule has 0 spiro atoms. The fourth-order valence-corrected chi connectivity index (χ4v) is 2.15. The average molecular weight is 260 g/mol. The molecule has 0 aliphatic carbocycles. The number of pyridine rings is 1. The van der Waals surface area contributed by atoms with Gasteiger partial charge in [-0.15, -0.1) is 0 Å². The van der Waals surface area contributed by atoms with Crippen molar-refractivity contribution >= 4 is 16.0 Å². The second-order valence-corrected chi connectivity index (χ2v) is 5.23. The zero-order valence-corrected chi connectivity index (χ0v) is 9.88. The molecule has 0 atom stereocenters. The van der Waals surface area contributed by atoms with Gasteiger partial charge in [-0.25, -0.2) is 18.2 Å². The fraction of sp³-hybridized carbons (Fsp3) is 0.333. The van der Waals surface area contributed by atoms with E-state index in [2.05, 4.69) is 4.98 Å². The van der Waals surface area contributed by atoms with Crippen LogP contribution in [0.3, 0.4) is 0 Å². The molecular weight excluding hydrogens is 248 g/mol. The van der Waals surface area contributed by atoms with Crippen LogP contribution in [0.15, 0.2) is 23.4 Å². The van der Waals surface area contributed by atoms with E-state index in [9.17, 15) is 13.2 Å². The topological polar surface area (TPSA) is 108 Å². The Bertz CT molecular complexity index is 497. The van der Waals surface area contributed by atoms with Crippen LogP contribution in [0.2, 0.25) is 0 Å². The fourth-order valence-electron chi connectivity index (χ4n) is 1.08. The van der Waals surface area contributed by atoms with Gasteiger partial charge in [0.1, 0.15) is 0 Å². The van der Waals surface area contributed by atoms with Crippen LogP contribution in [0.4, 0.5) is 0 Å². The first-order chi connectivity index (χ1) is 7.89. The number of rotatable bonds is 5. The number of nitrogens with zero attached hydrogens (tertiary/aromatic N) is 2. The molecule has 0 bridgehead atoms. The van der Waals surface area contributed by atoms with Crippen LogP contribution in [0.25, 0.3) is 0 Å². The molecule has 0 aromatic carbocycles. The minimum absolute atomic E-state index is 0.0509. The third-order valence-electron chi connectivity index (χ3n) is 2.07. The van der Waals surface area contributed by atoms with E-state index in [-0.39, 0.29) is 23.7 Å². The second kappa shape index (κ2) is 5.21. The SMILES string of the molecule is CN(CCO)S(=O)(=O)c1ccc(C(=O)O)cn1. The Kier molecular flexibility index (Phi) is 4.16. The molecule has 0 saturated carbocycles. The maximum Gasteiger partial charge on any atom is 0.337 e. The number of carboxylic acid groups (broad SMARTS) is 1. The number of likely N-dealkylation sites (N-methyl/N-ethyl adjacent to an activating group) is 1. The van der Waals surface area contributed by atoms with Crippen molar-refractivity contribution < 1.29 is 23.4 Å². The Morgan fingerprint density at radius 1 is 1.47 bits per heavy atom. The van der Waals surface area contributed by atoms with Crippen molar-refractivity contribution in [3.05, 3.63) is 23.9 Å². The molecule has 7 nitrogen and oxygen atoms in total. The van der Waals surface area contributed by atoms with Gasteiger partial charge in [-0.3, -0.25) is 0 Å². The maximum atomic E-state index is 11.8. The quantitative estimate of drug-likeness (QED) is 0.731. The molecule has 1 rings (SSSR count). The summed E-state index contributed by atoms with van der Waals surface area (Å²) in [4.78, 5) is 14.1. The highest BCUT2D eigenvalue weighted by molar-refractivity contribution is 7.89. The minimum atomic E-state index is -3.77. The van der Waals surface area contributed by atoms with E-state index in [0.29, 0.717) is 0 Å². The number of hydrogen-bond donors (Lipinski definition) is 2. The van der Waals surface area contributed by atoms with Crippen LogP contribution in [-0.2, 0) is 10.0 Å². The Labute approximate surface area is 98.4 Å². The van der Waals surface area contributed by atoms with Crippen LogP contribution in [0.5, 0.6) is 0 Å². The van der Waals surface area contributed by atoms with Gasteiger partial charge in [-0.1, -0.05) is 0 Å². The normalized spacial score (nSPS) is 11.7. The van der Waals surface area contributed by atoms with Gasteiger partial charge in [-0.2, -0.15) is 4.31 Å². The Morgan fingerprint density at radius 2 is 2.12 bits per heavy atom. The van der Waals surface area contributed by atoms with E-state index in [1.54, 1.807) is 0 Å². The van der Waals surface area contributed by atoms with E-state index in [4.69, 9.17) is 10.2 Å². The largest absolute Gasteiger partial charge is 0.478 e. The zero-order valence-electron chi connectivity index (χ0n) is 9.07. The first kappa shape index (κ1) is 13.6. The molecular formula is C9H12N2O5S. The molecule has 17 heavy (non-hydrogen) atoms. The number of carbonyl (C=O) groups is 1. The van der Waals surface area contributed by atoms with E-state index < -0.39 is 16.0 Å². The Morgan fingerprint density at radius 3 is 2.53 bits per heavy atom. The maximum absolute atomic E-state index is 11.8. The highest BCUT2D eigenvalue weighted by atomic mass is 32.2. The van der Waals surface area contributed by atoms with E-state index in [1.807, 2.05) is 0 Å². The number of aromatic nitrogens is 1. The lowest BCUT2D eigenvalue weighted by Crippen LogP contribution is -2.30. The lowest BCUT2D eigenvalue weighted by atomic mass is 10.3. The zero-order chi connectivity index (χ0) is 13.1. The molecule has 0 unspecified atom stereocenters. The average Bonchev–Trinajstić information content (AvgIpc) is 2.29. The van der Waals surface area contributed by atoms with Crippen molar-refractivity contribution in [1.29, 1.82) is 0 Å². The molecule has 1 aromatic heterocycles. The van der Waals surface area contributed by atoms with Crippen LogP contribution in [0, 0.1) is 0 Å². The lowest BCUT2D eigenvalue weighted by Gasteiger charge is -2.14. The van der Waals surface area contributed by atoms with Gasteiger partial charge in [0, 0.05) is 19.8 Å². The highest BCUT2D eigenvalue weighted by Crippen LogP contribution is 2.11. The van der Waals surface area contributed by atoms with Gasteiger partial charge in [0.2, 0.25) is 0 Å². The Balaban J connectivity index is 3.04. The van der Waals surface area contributed by atoms with Crippen molar-refractivity contribution in [2.45, 2.75) is 5.03 Å². The number of aromatic carboxylic acids is 1. The van der Waals surface area contributed by atoms with Crippen molar-refractivity contribution in [3.63, 3.8) is 0 Å². The smallest absolute Gasteiger partial charge is 0.337 e. The van der Waals surface area contributed by atoms with Gasteiger partial charge in [-0.05, 0) is 12.1 Å².